The zero-order chi connectivity index (χ0) is 16.4. The molecular formula is C18H21ClN4OS. The number of thiophene rings is 1. The molecule has 0 spiro atoms. The van der Waals surface area contributed by atoms with Crippen LogP contribution in [0.15, 0.2) is 48.1 Å². The first-order valence-electron chi connectivity index (χ1n) is 8.24. The van der Waals surface area contributed by atoms with Gasteiger partial charge in [-0.05, 0) is 54.4 Å². The Morgan fingerprint density at radius 3 is 2.84 bits per heavy atom. The third kappa shape index (κ3) is 3.29. The first kappa shape index (κ1) is 17.9. The summed E-state index contributed by atoms with van der Waals surface area (Å²) in [5.41, 5.74) is 0.592. The first-order chi connectivity index (χ1) is 11.8. The summed E-state index contributed by atoms with van der Waals surface area (Å²) in [6.45, 7) is 2.21. The lowest BCUT2D eigenvalue weighted by Crippen LogP contribution is -2.54. The van der Waals surface area contributed by atoms with Crippen molar-refractivity contribution in [1.29, 1.82) is 0 Å². The van der Waals surface area contributed by atoms with Gasteiger partial charge < -0.3 is 10.6 Å². The smallest absolute Gasteiger partial charge is 0.248 e. The van der Waals surface area contributed by atoms with E-state index in [2.05, 4.69) is 33.2 Å². The summed E-state index contributed by atoms with van der Waals surface area (Å²) in [6.07, 6.45) is 5.14. The topological polar surface area (TPSA) is 59.0 Å². The molecule has 5 nitrogen and oxygen atoms in total. The summed E-state index contributed by atoms with van der Waals surface area (Å²) in [5.74, 6) is 0.0583. The van der Waals surface area contributed by atoms with Crippen LogP contribution >= 0.6 is 23.7 Å². The highest BCUT2D eigenvalue weighted by Gasteiger charge is 2.41. The van der Waals surface area contributed by atoms with Crippen LogP contribution in [0.2, 0.25) is 0 Å². The maximum absolute atomic E-state index is 13.1. The molecule has 2 aromatic heterocycles. The van der Waals surface area contributed by atoms with Crippen molar-refractivity contribution in [2.75, 3.05) is 13.1 Å². The molecule has 0 saturated carbocycles. The van der Waals surface area contributed by atoms with Crippen molar-refractivity contribution in [2.45, 2.75) is 24.9 Å². The molecule has 0 unspecified atom stereocenters. The fraction of sp³-hybridized carbons (Fsp3) is 0.333. The van der Waals surface area contributed by atoms with E-state index >= 15 is 0 Å². The number of halogens is 1. The second kappa shape index (κ2) is 7.56. The highest BCUT2D eigenvalue weighted by atomic mass is 35.5. The van der Waals surface area contributed by atoms with E-state index in [1.165, 1.54) is 15.6 Å². The maximum atomic E-state index is 13.1. The molecule has 1 saturated heterocycles. The van der Waals surface area contributed by atoms with Crippen LogP contribution in [-0.2, 0) is 16.9 Å². The van der Waals surface area contributed by atoms with Gasteiger partial charge >= 0.3 is 0 Å². The average Bonchev–Trinajstić information content (AvgIpc) is 3.30. The highest BCUT2D eigenvalue weighted by Crippen LogP contribution is 2.29. The predicted octanol–water partition coefficient (Wildman–Crippen LogP) is 2.91. The van der Waals surface area contributed by atoms with E-state index in [0.29, 0.717) is 6.54 Å². The largest absolute Gasteiger partial charge is 0.350 e. The number of benzene rings is 1. The van der Waals surface area contributed by atoms with Gasteiger partial charge in [-0.3, -0.25) is 9.48 Å². The van der Waals surface area contributed by atoms with Crippen LogP contribution < -0.4 is 10.6 Å². The lowest BCUT2D eigenvalue weighted by atomic mass is 9.87. The standard InChI is InChI=1S/C18H20N4OS.ClH/c23-17(18(6-9-19-10-7-18)22-11-3-8-21-22)20-12-14-13-24-16-5-2-1-4-15(14)16;/h1-5,8,11,13,19H,6-7,9-10,12H2,(H,20,23);1H. The molecule has 0 radical (unpaired) electrons. The van der Waals surface area contributed by atoms with E-state index in [0.717, 1.165) is 25.9 Å². The fourth-order valence-corrected chi connectivity index (χ4v) is 4.40. The Morgan fingerprint density at radius 1 is 1.28 bits per heavy atom. The molecule has 25 heavy (non-hydrogen) atoms. The van der Waals surface area contributed by atoms with Gasteiger partial charge in [0, 0.05) is 23.6 Å². The number of hydrogen-bond donors (Lipinski definition) is 2. The summed E-state index contributed by atoms with van der Waals surface area (Å²) in [5, 5.41) is 14.2. The van der Waals surface area contributed by atoms with E-state index in [1.807, 2.05) is 29.1 Å². The van der Waals surface area contributed by atoms with Crippen molar-refractivity contribution in [2.24, 2.45) is 0 Å². The molecule has 1 aromatic carbocycles. The molecule has 7 heteroatoms. The second-order valence-corrected chi connectivity index (χ2v) is 7.08. The van der Waals surface area contributed by atoms with Crippen molar-refractivity contribution in [1.82, 2.24) is 20.4 Å². The van der Waals surface area contributed by atoms with Gasteiger partial charge in [-0.15, -0.1) is 23.7 Å². The SMILES string of the molecule is Cl.O=C(NCc1csc2ccccc12)C1(n2cccn2)CCNCC1. The molecule has 0 atom stereocenters. The molecule has 4 rings (SSSR count). The Morgan fingerprint density at radius 2 is 2.08 bits per heavy atom. The molecule has 0 aliphatic carbocycles. The van der Waals surface area contributed by atoms with Gasteiger partial charge in [-0.2, -0.15) is 5.10 Å². The number of hydrogen-bond acceptors (Lipinski definition) is 4. The van der Waals surface area contributed by atoms with Gasteiger partial charge in [0.1, 0.15) is 5.54 Å². The van der Waals surface area contributed by atoms with Crippen LogP contribution in [-0.4, -0.2) is 28.8 Å². The van der Waals surface area contributed by atoms with Crippen molar-refractivity contribution >= 4 is 39.7 Å². The number of fused-ring (bicyclic) bond motifs is 1. The number of nitrogens with zero attached hydrogens (tertiary/aromatic N) is 2. The number of amides is 1. The van der Waals surface area contributed by atoms with Crippen molar-refractivity contribution < 1.29 is 4.79 Å². The van der Waals surface area contributed by atoms with Crippen LogP contribution in [0.5, 0.6) is 0 Å². The average molecular weight is 377 g/mol. The minimum Gasteiger partial charge on any atom is -0.350 e. The molecule has 3 aromatic rings. The maximum Gasteiger partial charge on any atom is 0.248 e. The molecule has 2 N–H and O–H groups in total. The van der Waals surface area contributed by atoms with E-state index < -0.39 is 5.54 Å². The monoisotopic (exact) mass is 376 g/mol. The van der Waals surface area contributed by atoms with Gasteiger partial charge in [-0.1, -0.05) is 18.2 Å². The number of aromatic nitrogens is 2. The van der Waals surface area contributed by atoms with Gasteiger partial charge in [0.15, 0.2) is 0 Å². The zero-order valence-electron chi connectivity index (χ0n) is 13.8. The minimum atomic E-state index is -0.583. The van der Waals surface area contributed by atoms with Crippen molar-refractivity contribution in [3.8, 4) is 0 Å². The molecule has 1 aliphatic heterocycles. The number of nitrogens with one attached hydrogen (secondary N) is 2. The predicted molar refractivity (Wildman–Crippen MR) is 103 cm³/mol. The zero-order valence-corrected chi connectivity index (χ0v) is 15.4. The summed E-state index contributed by atoms with van der Waals surface area (Å²) in [6, 6.07) is 10.2. The summed E-state index contributed by atoms with van der Waals surface area (Å²) >= 11 is 1.72. The lowest BCUT2D eigenvalue weighted by Gasteiger charge is -2.36. The van der Waals surface area contributed by atoms with E-state index in [4.69, 9.17) is 0 Å². The Labute approximate surface area is 156 Å². The van der Waals surface area contributed by atoms with Crippen LogP contribution in [0.25, 0.3) is 10.1 Å². The molecule has 1 fully saturated rings. The number of carbonyl (C=O) groups is 1. The quantitative estimate of drug-likeness (QED) is 0.736. The summed E-state index contributed by atoms with van der Waals surface area (Å²) in [7, 11) is 0. The van der Waals surface area contributed by atoms with Crippen LogP contribution in [0, 0.1) is 0 Å². The lowest BCUT2D eigenvalue weighted by molar-refractivity contribution is -0.132. The second-order valence-electron chi connectivity index (χ2n) is 6.17. The number of rotatable bonds is 4. The van der Waals surface area contributed by atoms with Crippen LogP contribution in [0.3, 0.4) is 0 Å². The van der Waals surface area contributed by atoms with E-state index in [9.17, 15) is 4.79 Å². The molecule has 3 heterocycles. The Kier molecular flexibility index (Phi) is 5.42. The van der Waals surface area contributed by atoms with Gasteiger partial charge in [-0.25, -0.2) is 0 Å². The Bertz CT molecular complexity index is 840. The van der Waals surface area contributed by atoms with Gasteiger partial charge in [0.25, 0.3) is 0 Å². The first-order valence-corrected chi connectivity index (χ1v) is 9.12. The normalized spacial score (nSPS) is 16.3. The minimum absolute atomic E-state index is 0. The van der Waals surface area contributed by atoms with Crippen LogP contribution in [0.1, 0.15) is 18.4 Å². The summed E-state index contributed by atoms with van der Waals surface area (Å²) < 4.78 is 3.08. The van der Waals surface area contributed by atoms with Crippen molar-refractivity contribution in [3.05, 3.63) is 53.7 Å². The number of carbonyl (C=O) groups excluding carboxylic acids is 1. The fourth-order valence-electron chi connectivity index (χ4n) is 3.43. The molecular weight excluding hydrogens is 356 g/mol. The van der Waals surface area contributed by atoms with E-state index in [-0.39, 0.29) is 18.3 Å². The van der Waals surface area contributed by atoms with Crippen molar-refractivity contribution in [3.63, 3.8) is 0 Å². The van der Waals surface area contributed by atoms with Gasteiger partial charge in [0.2, 0.25) is 5.91 Å². The third-order valence-corrected chi connectivity index (χ3v) is 5.81. The summed E-state index contributed by atoms with van der Waals surface area (Å²) in [4.78, 5) is 13.1. The molecule has 1 amide bonds. The molecule has 132 valence electrons. The Balaban J connectivity index is 0.00000182. The highest BCUT2D eigenvalue weighted by molar-refractivity contribution is 7.17. The third-order valence-electron chi connectivity index (χ3n) is 4.80. The molecule has 1 aliphatic rings. The van der Waals surface area contributed by atoms with E-state index in [1.54, 1.807) is 17.5 Å². The number of piperidine rings is 1. The Hall–Kier alpha value is -1.89. The van der Waals surface area contributed by atoms with Gasteiger partial charge in [0.05, 0.1) is 0 Å². The van der Waals surface area contributed by atoms with Crippen LogP contribution in [0.4, 0.5) is 0 Å². The molecule has 0 bridgehead atoms.